The summed E-state index contributed by atoms with van der Waals surface area (Å²) < 4.78 is 2.30. The molecule has 0 radical (unpaired) electrons. The van der Waals surface area contributed by atoms with Gasteiger partial charge in [0.25, 0.3) is 0 Å². The Hall–Kier alpha value is -1.35. The van der Waals surface area contributed by atoms with E-state index in [1.807, 2.05) is 6.20 Å². The standard InChI is InChI=1S/C14H19N3/c1-11-7-13-4-6-17(14(13)16-8-11)10-12-3-2-5-15-9-12/h4,6-8,12,15H,2-3,5,9-10H2,1H3. The van der Waals surface area contributed by atoms with Crippen molar-refractivity contribution in [2.24, 2.45) is 5.92 Å². The van der Waals surface area contributed by atoms with Gasteiger partial charge in [-0.25, -0.2) is 4.98 Å². The molecular formula is C14H19N3. The predicted octanol–water partition coefficient (Wildman–Crippen LogP) is 2.34. The van der Waals surface area contributed by atoms with Gasteiger partial charge in [0, 0.05) is 24.3 Å². The Balaban J connectivity index is 1.84. The van der Waals surface area contributed by atoms with E-state index in [1.54, 1.807) is 0 Å². The summed E-state index contributed by atoms with van der Waals surface area (Å²) in [6.45, 7) is 5.51. The van der Waals surface area contributed by atoms with Crippen molar-refractivity contribution in [1.82, 2.24) is 14.9 Å². The molecule has 2 aromatic heterocycles. The second-order valence-electron chi connectivity index (χ2n) is 5.11. The molecule has 0 amide bonds. The lowest BCUT2D eigenvalue weighted by Gasteiger charge is -2.23. The monoisotopic (exact) mass is 229 g/mol. The highest BCUT2D eigenvalue weighted by atomic mass is 15.0. The van der Waals surface area contributed by atoms with Gasteiger partial charge in [-0.2, -0.15) is 0 Å². The van der Waals surface area contributed by atoms with Crippen molar-refractivity contribution in [2.75, 3.05) is 13.1 Å². The lowest BCUT2D eigenvalue weighted by atomic mass is 10.00. The Morgan fingerprint density at radius 1 is 1.53 bits per heavy atom. The van der Waals surface area contributed by atoms with Crippen molar-refractivity contribution in [3.8, 4) is 0 Å². The van der Waals surface area contributed by atoms with Gasteiger partial charge in [0.05, 0.1) is 0 Å². The molecule has 0 aromatic carbocycles. The van der Waals surface area contributed by atoms with Crippen LogP contribution in [0.2, 0.25) is 0 Å². The highest BCUT2D eigenvalue weighted by Gasteiger charge is 2.14. The molecule has 0 aliphatic carbocycles. The first-order valence-electron chi connectivity index (χ1n) is 6.45. The SMILES string of the molecule is Cc1cnc2c(ccn2CC2CCCNC2)c1. The molecule has 1 aliphatic heterocycles. The Morgan fingerprint density at radius 2 is 2.47 bits per heavy atom. The fourth-order valence-corrected chi connectivity index (χ4v) is 2.69. The van der Waals surface area contributed by atoms with Crippen molar-refractivity contribution < 1.29 is 0 Å². The van der Waals surface area contributed by atoms with Crippen molar-refractivity contribution in [3.05, 3.63) is 30.1 Å². The van der Waals surface area contributed by atoms with Crippen LogP contribution in [0.1, 0.15) is 18.4 Å². The molecule has 3 heteroatoms. The molecule has 1 unspecified atom stereocenters. The number of piperidine rings is 1. The number of aryl methyl sites for hydroxylation is 1. The maximum absolute atomic E-state index is 4.55. The third-order valence-electron chi connectivity index (χ3n) is 3.59. The van der Waals surface area contributed by atoms with Gasteiger partial charge in [-0.1, -0.05) is 0 Å². The van der Waals surface area contributed by atoms with Crippen molar-refractivity contribution in [2.45, 2.75) is 26.3 Å². The summed E-state index contributed by atoms with van der Waals surface area (Å²) in [6, 6.07) is 4.38. The fourth-order valence-electron chi connectivity index (χ4n) is 2.69. The molecule has 17 heavy (non-hydrogen) atoms. The molecule has 1 atom stereocenters. The zero-order chi connectivity index (χ0) is 11.7. The number of hydrogen-bond acceptors (Lipinski definition) is 2. The molecule has 90 valence electrons. The van der Waals surface area contributed by atoms with Gasteiger partial charge >= 0.3 is 0 Å². The molecule has 0 spiro atoms. The van der Waals surface area contributed by atoms with Crippen LogP contribution in [-0.4, -0.2) is 22.6 Å². The van der Waals surface area contributed by atoms with E-state index in [4.69, 9.17) is 0 Å². The lowest BCUT2D eigenvalue weighted by Crippen LogP contribution is -2.32. The number of fused-ring (bicyclic) bond motifs is 1. The first kappa shape index (κ1) is 10.8. The van der Waals surface area contributed by atoms with Crippen LogP contribution in [0.25, 0.3) is 11.0 Å². The van der Waals surface area contributed by atoms with E-state index in [0.717, 1.165) is 24.7 Å². The van der Waals surface area contributed by atoms with E-state index >= 15 is 0 Å². The van der Waals surface area contributed by atoms with Crippen LogP contribution in [0.4, 0.5) is 0 Å². The summed E-state index contributed by atoms with van der Waals surface area (Å²) in [4.78, 5) is 4.55. The minimum Gasteiger partial charge on any atom is -0.332 e. The maximum atomic E-state index is 4.55. The van der Waals surface area contributed by atoms with Crippen molar-refractivity contribution in [3.63, 3.8) is 0 Å². The highest BCUT2D eigenvalue weighted by Crippen LogP contribution is 2.18. The molecule has 1 N–H and O–H groups in total. The predicted molar refractivity (Wildman–Crippen MR) is 70.1 cm³/mol. The molecule has 3 heterocycles. The summed E-state index contributed by atoms with van der Waals surface area (Å²) in [5.41, 5.74) is 2.36. The molecule has 1 saturated heterocycles. The molecular weight excluding hydrogens is 210 g/mol. The summed E-state index contributed by atoms with van der Waals surface area (Å²) in [6.07, 6.45) is 6.76. The van der Waals surface area contributed by atoms with E-state index in [-0.39, 0.29) is 0 Å². The van der Waals surface area contributed by atoms with Crippen LogP contribution < -0.4 is 5.32 Å². The molecule has 1 aliphatic rings. The summed E-state index contributed by atoms with van der Waals surface area (Å²) >= 11 is 0. The van der Waals surface area contributed by atoms with Gasteiger partial charge in [-0.05, 0) is 56.5 Å². The van der Waals surface area contributed by atoms with E-state index in [0.29, 0.717) is 0 Å². The minimum absolute atomic E-state index is 0.752. The Kier molecular flexibility index (Phi) is 2.85. The van der Waals surface area contributed by atoms with E-state index in [2.05, 4.69) is 40.1 Å². The first-order valence-corrected chi connectivity index (χ1v) is 6.45. The number of nitrogens with zero attached hydrogens (tertiary/aromatic N) is 2. The molecule has 1 fully saturated rings. The Labute approximate surface area is 102 Å². The van der Waals surface area contributed by atoms with Gasteiger partial charge in [-0.15, -0.1) is 0 Å². The van der Waals surface area contributed by atoms with Crippen LogP contribution in [0, 0.1) is 12.8 Å². The third-order valence-corrected chi connectivity index (χ3v) is 3.59. The smallest absolute Gasteiger partial charge is 0.139 e. The van der Waals surface area contributed by atoms with Gasteiger partial charge in [0.1, 0.15) is 5.65 Å². The van der Waals surface area contributed by atoms with Crippen LogP contribution >= 0.6 is 0 Å². The summed E-state index contributed by atoms with van der Waals surface area (Å²) in [5.74, 6) is 0.752. The number of aromatic nitrogens is 2. The van der Waals surface area contributed by atoms with Crippen molar-refractivity contribution >= 4 is 11.0 Å². The number of pyridine rings is 1. The minimum atomic E-state index is 0.752. The van der Waals surface area contributed by atoms with Crippen LogP contribution in [0.3, 0.4) is 0 Å². The largest absolute Gasteiger partial charge is 0.332 e. The first-order chi connectivity index (χ1) is 8.33. The van der Waals surface area contributed by atoms with E-state index < -0.39 is 0 Å². The summed E-state index contributed by atoms with van der Waals surface area (Å²) in [7, 11) is 0. The average Bonchev–Trinajstić information content (AvgIpc) is 2.73. The summed E-state index contributed by atoms with van der Waals surface area (Å²) in [5, 5.41) is 4.73. The van der Waals surface area contributed by atoms with Gasteiger partial charge in [-0.3, -0.25) is 0 Å². The van der Waals surface area contributed by atoms with Crippen LogP contribution in [0.15, 0.2) is 24.5 Å². The number of rotatable bonds is 2. The van der Waals surface area contributed by atoms with Gasteiger partial charge < -0.3 is 9.88 Å². The zero-order valence-corrected chi connectivity index (χ0v) is 10.3. The second-order valence-corrected chi connectivity index (χ2v) is 5.11. The topological polar surface area (TPSA) is 29.9 Å². The van der Waals surface area contributed by atoms with Gasteiger partial charge in [0.2, 0.25) is 0 Å². The Bertz CT molecular complexity index is 509. The van der Waals surface area contributed by atoms with Gasteiger partial charge in [0.15, 0.2) is 0 Å². The molecule has 3 rings (SSSR count). The fraction of sp³-hybridized carbons (Fsp3) is 0.500. The highest BCUT2D eigenvalue weighted by molar-refractivity contribution is 5.76. The molecule has 0 saturated carbocycles. The molecule has 2 aromatic rings. The molecule has 3 nitrogen and oxygen atoms in total. The Morgan fingerprint density at radius 3 is 3.29 bits per heavy atom. The second kappa shape index (κ2) is 4.49. The number of hydrogen-bond donors (Lipinski definition) is 1. The van der Waals surface area contributed by atoms with Crippen LogP contribution in [0.5, 0.6) is 0 Å². The number of nitrogens with one attached hydrogen (secondary N) is 1. The van der Waals surface area contributed by atoms with Crippen molar-refractivity contribution in [1.29, 1.82) is 0 Å². The van der Waals surface area contributed by atoms with E-state index in [9.17, 15) is 0 Å². The molecule has 0 bridgehead atoms. The van der Waals surface area contributed by atoms with Crippen LogP contribution in [-0.2, 0) is 6.54 Å². The average molecular weight is 229 g/mol. The maximum Gasteiger partial charge on any atom is 0.139 e. The lowest BCUT2D eigenvalue weighted by molar-refractivity contribution is 0.340. The normalized spacial score (nSPS) is 20.9. The quantitative estimate of drug-likeness (QED) is 0.856. The zero-order valence-electron chi connectivity index (χ0n) is 10.3. The van der Waals surface area contributed by atoms with E-state index in [1.165, 1.54) is 30.3 Å². The third kappa shape index (κ3) is 2.20.